The molecule has 0 aromatic heterocycles. The van der Waals surface area contributed by atoms with E-state index >= 15 is 0 Å². The number of carbonyl (C=O) groups is 1. The zero-order chi connectivity index (χ0) is 12.8. The van der Waals surface area contributed by atoms with Gasteiger partial charge in [-0.05, 0) is 6.07 Å². The molecule has 0 aliphatic rings. The smallest absolute Gasteiger partial charge is 0.339 e. The van der Waals surface area contributed by atoms with Crippen molar-refractivity contribution in [3.63, 3.8) is 0 Å². The molecule has 1 rings (SSSR count). The number of ether oxygens (including phenoxy) is 2. The van der Waals surface area contributed by atoms with Crippen LogP contribution in [0, 0.1) is 10.1 Å². The summed E-state index contributed by atoms with van der Waals surface area (Å²) in [6.07, 6.45) is 0. The van der Waals surface area contributed by atoms with E-state index in [0.717, 1.165) is 6.07 Å². The number of hydrogen-bond acceptors (Lipinski definition) is 5. The molecule has 17 heavy (non-hydrogen) atoms. The number of benzene rings is 1. The second kappa shape index (κ2) is 5.80. The van der Waals surface area contributed by atoms with Crippen LogP contribution in [-0.2, 0) is 4.74 Å². The van der Waals surface area contributed by atoms with E-state index in [4.69, 9.17) is 14.6 Å². The van der Waals surface area contributed by atoms with Crippen molar-refractivity contribution in [2.75, 3.05) is 20.3 Å². The molecular weight excluding hydrogens is 230 g/mol. The Balaban J connectivity index is 2.96. The van der Waals surface area contributed by atoms with Gasteiger partial charge >= 0.3 is 5.97 Å². The highest BCUT2D eigenvalue weighted by Crippen LogP contribution is 2.24. The number of carboxylic acids is 1. The molecule has 0 fully saturated rings. The van der Waals surface area contributed by atoms with E-state index in [1.54, 1.807) is 0 Å². The Morgan fingerprint density at radius 1 is 1.47 bits per heavy atom. The summed E-state index contributed by atoms with van der Waals surface area (Å²) in [6.45, 7) is 0.477. The van der Waals surface area contributed by atoms with Gasteiger partial charge in [-0.25, -0.2) is 4.79 Å². The second-order valence-corrected chi connectivity index (χ2v) is 3.08. The quantitative estimate of drug-likeness (QED) is 0.458. The van der Waals surface area contributed by atoms with E-state index in [1.165, 1.54) is 19.2 Å². The lowest BCUT2D eigenvalue weighted by molar-refractivity contribution is -0.384. The Labute approximate surface area is 96.7 Å². The number of nitro benzene ring substituents is 1. The Morgan fingerprint density at radius 3 is 2.71 bits per heavy atom. The Hall–Kier alpha value is -2.15. The number of hydrogen-bond donors (Lipinski definition) is 1. The fourth-order valence-electron chi connectivity index (χ4n) is 1.16. The lowest BCUT2D eigenvalue weighted by atomic mass is 10.2. The average Bonchev–Trinajstić information content (AvgIpc) is 2.29. The summed E-state index contributed by atoms with van der Waals surface area (Å²) in [5, 5.41) is 19.4. The highest BCUT2D eigenvalue weighted by molar-refractivity contribution is 5.91. The normalized spacial score (nSPS) is 9.94. The SMILES string of the molecule is COCCOc1ccc([N+](=O)[O-])cc1C(=O)O. The van der Waals surface area contributed by atoms with Crippen LogP contribution in [0.4, 0.5) is 5.69 Å². The van der Waals surface area contributed by atoms with E-state index in [2.05, 4.69) is 0 Å². The topological polar surface area (TPSA) is 98.9 Å². The van der Waals surface area contributed by atoms with Gasteiger partial charge < -0.3 is 14.6 Å². The van der Waals surface area contributed by atoms with Crippen molar-refractivity contribution in [3.05, 3.63) is 33.9 Å². The number of carboxylic acid groups (broad SMARTS) is 1. The number of nitro groups is 1. The van der Waals surface area contributed by atoms with Gasteiger partial charge in [0.15, 0.2) is 0 Å². The first-order valence-corrected chi connectivity index (χ1v) is 4.69. The van der Waals surface area contributed by atoms with Crippen LogP contribution >= 0.6 is 0 Å². The third kappa shape index (κ3) is 3.42. The molecule has 0 aliphatic carbocycles. The van der Waals surface area contributed by atoms with Crippen LogP contribution < -0.4 is 4.74 Å². The van der Waals surface area contributed by atoms with Gasteiger partial charge in [-0.3, -0.25) is 10.1 Å². The van der Waals surface area contributed by atoms with Gasteiger partial charge in [0.25, 0.3) is 5.69 Å². The van der Waals surface area contributed by atoms with Crippen LogP contribution in [0.5, 0.6) is 5.75 Å². The van der Waals surface area contributed by atoms with Gasteiger partial charge in [-0.1, -0.05) is 0 Å². The Bertz CT molecular complexity index is 431. The lowest BCUT2D eigenvalue weighted by Gasteiger charge is -2.08. The fraction of sp³-hybridized carbons (Fsp3) is 0.300. The zero-order valence-electron chi connectivity index (χ0n) is 9.08. The van der Waals surface area contributed by atoms with Gasteiger partial charge in [0.05, 0.1) is 11.5 Å². The number of methoxy groups -OCH3 is 1. The van der Waals surface area contributed by atoms with Crippen LogP contribution in [-0.4, -0.2) is 36.3 Å². The van der Waals surface area contributed by atoms with Crippen LogP contribution in [0.3, 0.4) is 0 Å². The largest absolute Gasteiger partial charge is 0.490 e. The average molecular weight is 241 g/mol. The third-order valence-corrected chi connectivity index (χ3v) is 1.95. The summed E-state index contributed by atoms with van der Waals surface area (Å²) in [5.74, 6) is -1.19. The molecule has 0 saturated heterocycles. The van der Waals surface area contributed by atoms with E-state index in [9.17, 15) is 14.9 Å². The van der Waals surface area contributed by atoms with E-state index in [0.29, 0.717) is 6.61 Å². The molecule has 0 amide bonds. The maximum atomic E-state index is 10.9. The fourth-order valence-corrected chi connectivity index (χ4v) is 1.16. The first-order valence-electron chi connectivity index (χ1n) is 4.69. The minimum atomic E-state index is -1.28. The minimum Gasteiger partial charge on any atom is -0.490 e. The summed E-state index contributed by atoms with van der Waals surface area (Å²) >= 11 is 0. The number of nitrogens with zero attached hydrogens (tertiary/aromatic N) is 1. The van der Waals surface area contributed by atoms with Gasteiger partial charge in [0.2, 0.25) is 0 Å². The number of non-ortho nitro benzene ring substituents is 1. The first-order chi connectivity index (χ1) is 8.06. The van der Waals surface area contributed by atoms with Gasteiger partial charge in [-0.2, -0.15) is 0 Å². The Kier molecular flexibility index (Phi) is 4.41. The van der Waals surface area contributed by atoms with Crippen LogP contribution in [0.15, 0.2) is 18.2 Å². The first kappa shape index (κ1) is 12.9. The molecule has 0 aliphatic heterocycles. The summed E-state index contributed by atoms with van der Waals surface area (Å²) in [5.41, 5.74) is -0.531. The molecule has 1 N–H and O–H groups in total. The highest BCUT2D eigenvalue weighted by Gasteiger charge is 2.16. The second-order valence-electron chi connectivity index (χ2n) is 3.08. The molecular formula is C10H11NO6. The maximum Gasteiger partial charge on any atom is 0.339 e. The molecule has 0 spiro atoms. The molecule has 1 aromatic rings. The minimum absolute atomic E-state index is 0.0835. The molecule has 7 nitrogen and oxygen atoms in total. The van der Waals surface area contributed by atoms with E-state index in [1.807, 2.05) is 0 Å². The van der Waals surface area contributed by atoms with E-state index < -0.39 is 10.9 Å². The van der Waals surface area contributed by atoms with Crippen molar-refractivity contribution >= 4 is 11.7 Å². The van der Waals surface area contributed by atoms with E-state index in [-0.39, 0.29) is 23.6 Å². The summed E-state index contributed by atoms with van der Waals surface area (Å²) in [7, 11) is 1.48. The van der Waals surface area contributed by atoms with Crippen LogP contribution in [0.1, 0.15) is 10.4 Å². The molecule has 0 atom stereocenters. The predicted molar refractivity (Wildman–Crippen MR) is 57.4 cm³/mol. The molecule has 0 unspecified atom stereocenters. The van der Waals surface area contributed by atoms with Crippen molar-refractivity contribution in [2.45, 2.75) is 0 Å². The number of rotatable bonds is 6. The highest BCUT2D eigenvalue weighted by atomic mass is 16.6. The summed E-state index contributed by atoms with van der Waals surface area (Å²) in [4.78, 5) is 20.7. The molecule has 0 bridgehead atoms. The summed E-state index contributed by atoms with van der Waals surface area (Å²) in [6, 6.07) is 3.41. The maximum absolute atomic E-state index is 10.9. The standard InChI is InChI=1S/C10H11NO6/c1-16-4-5-17-9-3-2-7(11(14)15)6-8(9)10(12)13/h2-3,6H,4-5H2,1H3,(H,12,13). The Morgan fingerprint density at radius 2 is 2.18 bits per heavy atom. The molecule has 7 heteroatoms. The molecule has 1 aromatic carbocycles. The molecule has 0 saturated carbocycles. The number of aromatic carboxylic acids is 1. The van der Waals surface area contributed by atoms with Gasteiger partial charge in [-0.15, -0.1) is 0 Å². The molecule has 92 valence electrons. The zero-order valence-corrected chi connectivity index (χ0v) is 9.08. The van der Waals surface area contributed by atoms with Crippen LogP contribution in [0.25, 0.3) is 0 Å². The van der Waals surface area contributed by atoms with Crippen LogP contribution in [0.2, 0.25) is 0 Å². The summed E-state index contributed by atoms with van der Waals surface area (Å²) < 4.78 is 9.89. The van der Waals surface area contributed by atoms with Crippen molar-refractivity contribution in [2.24, 2.45) is 0 Å². The monoisotopic (exact) mass is 241 g/mol. The van der Waals surface area contributed by atoms with Gasteiger partial charge in [0, 0.05) is 19.2 Å². The van der Waals surface area contributed by atoms with Crippen molar-refractivity contribution in [1.29, 1.82) is 0 Å². The molecule has 0 radical (unpaired) electrons. The van der Waals surface area contributed by atoms with Crippen molar-refractivity contribution < 1.29 is 24.3 Å². The predicted octanol–water partition coefficient (Wildman–Crippen LogP) is 1.32. The molecule has 0 heterocycles. The van der Waals surface area contributed by atoms with Crippen molar-refractivity contribution in [1.82, 2.24) is 0 Å². The lowest BCUT2D eigenvalue weighted by Crippen LogP contribution is -2.08. The third-order valence-electron chi connectivity index (χ3n) is 1.95. The van der Waals surface area contributed by atoms with Gasteiger partial charge in [0.1, 0.15) is 17.9 Å². The van der Waals surface area contributed by atoms with Crippen molar-refractivity contribution in [3.8, 4) is 5.75 Å².